The minimum Gasteiger partial charge on any atom is -0.456 e. The molecule has 1 aromatic heterocycles. The van der Waals surface area contributed by atoms with Crippen LogP contribution in [-0.4, -0.2) is 0 Å². The van der Waals surface area contributed by atoms with Gasteiger partial charge in [-0.3, -0.25) is 0 Å². The lowest BCUT2D eigenvalue weighted by Crippen LogP contribution is -1.95. The summed E-state index contributed by atoms with van der Waals surface area (Å²) in [6.07, 6.45) is 3.12. The van der Waals surface area contributed by atoms with Crippen LogP contribution in [0.2, 0.25) is 0 Å². The molecule has 0 spiro atoms. The zero-order valence-corrected chi connectivity index (χ0v) is 14.1. The molecule has 0 N–H and O–H groups in total. The molecule has 1 nitrogen and oxygen atoms in total. The largest absolute Gasteiger partial charge is 0.456 e. The molecule has 0 aliphatic heterocycles. The van der Waals surface area contributed by atoms with E-state index in [1.54, 1.807) is 0 Å². The predicted octanol–water partition coefficient (Wildman–Crippen LogP) is 6.23. The molecule has 0 saturated heterocycles. The summed E-state index contributed by atoms with van der Waals surface area (Å²) in [6, 6.07) is 25.7. The summed E-state index contributed by atoms with van der Waals surface area (Å²) in [6.45, 7) is 2.15. The second kappa shape index (κ2) is 5.49. The minimum absolute atomic E-state index is 0.898. The van der Waals surface area contributed by atoms with Gasteiger partial charge in [-0.05, 0) is 41.3 Å². The van der Waals surface area contributed by atoms with Crippen molar-refractivity contribution >= 4 is 22.6 Å². The van der Waals surface area contributed by atoms with Gasteiger partial charge >= 0.3 is 0 Å². The van der Waals surface area contributed by atoms with Crippen molar-refractivity contribution in [1.29, 1.82) is 0 Å². The summed E-state index contributed by atoms with van der Waals surface area (Å²) in [5.74, 6) is 0.980. The fourth-order valence-electron chi connectivity index (χ4n) is 3.77. The summed E-state index contributed by atoms with van der Waals surface area (Å²) < 4.78 is 6.21. The molecule has 1 aliphatic rings. The van der Waals surface area contributed by atoms with Gasteiger partial charge in [0.2, 0.25) is 0 Å². The highest BCUT2D eigenvalue weighted by Crippen LogP contribution is 2.38. The van der Waals surface area contributed by atoms with E-state index in [-0.39, 0.29) is 0 Å². The number of furan rings is 1. The maximum atomic E-state index is 6.21. The van der Waals surface area contributed by atoms with Gasteiger partial charge in [0.05, 0.1) is 0 Å². The Hall–Kier alpha value is -3.06. The van der Waals surface area contributed by atoms with Crippen LogP contribution < -0.4 is 0 Å². The lowest BCUT2D eigenvalue weighted by Gasteiger charge is -2.12. The maximum absolute atomic E-state index is 6.21. The third-order valence-electron chi connectivity index (χ3n) is 5.01. The summed E-state index contributed by atoms with van der Waals surface area (Å²) in [4.78, 5) is 0. The first-order valence-corrected chi connectivity index (χ1v) is 8.67. The zero-order valence-electron chi connectivity index (χ0n) is 14.1. The zero-order chi connectivity index (χ0) is 16.8. The number of hydrogen-bond acceptors (Lipinski definition) is 1. The first-order valence-electron chi connectivity index (χ1n) is 8.67. The fourth-order valence-corrected chi connectivity index (χ4v) is 3.77. The number of rotatable bonds is 1. The molecular formula is C24H18O. The van der Waals surface area contributed by atoms with Crippen molar-refractivity contribution in [2.75, 3.05) is 0 Å². The van der Waals surface area contributed by atoms with Crippen molar-refractivity contribution < 1.29 is 4.42 Å². The summed E-state index contributed by atoms with van der Waals surface area (Å²) in [7, 11) is 0. The number of benzene rings is 3. The van der Waals surface area contributed by atoms with E-state index in [2.05, 4.69) is 79.7 Å². The van der Waals surface area contributed by atoms with E-state index in [1.165, 1.54) is 38.8 Å². The van der Waals surface area contributed by atoms with Crippen LogP contribution in [0.5, 0.6) is 0 Å². The second-order valence-corrected chi connectivity index (χ2v) is 6.70. The van der Waals surface area contributed by atoms with Gasteiger partial charge in [-0.1, -0.05) is 72.3 Å². The van der Waals surface area contributed by atoms with Crippen LogP contribution >= 0.6 is 0 Å². The molecule has 0 radical (unpaired) electrons. The molecule has 120 valence electrons. The van der Waals surface area contributed by atoms with E-state index in [0.29, 0.717) is 0 Å². The van der Waals surface area contributed by atoms with Crippen molar-refractivity contribution in [2.24, 2.45) is 0 Å². The number of fused-ring (bicyclic) bond motifs is 4. The topological polar surface area (TPSA) is 13.1 Å². The van der Waals surface area contributed by atoms with E-state index >= 15 is 0 Å². The first kappa shape index (κ1) is 14.3. The molecule has 1 aliphatic carbocycles. The van der Waals surface area contributed by atoms with Crippen LogP contribution in [0.3, 0.4) is 0 Å². The highest BCUT2D eigenvalue weighted by molar-refractivity contribution is 5.97. The molecule has 3 aromatic carbocycles. The highest BCUT2D eigenvalue weighted by atomic mass is 16.3. The van der Waals surface area contributed by atoms with Gasteiger partial charge in [0.15, 0.2) is 0 Å². The molecule has 0 unspecified atom stereocenters. The Morgan fingerprint density at radius 3 is 2.52 bits per heavy atom. The Bertz CT molecular complexity index is 1110. The average Bonchev–Trinajstić information content (AvgIpc) is 2.91. The lowest BCUT2D eigenvalue weighted by molar-refractivity contribution is 0.600. The van der Waals surface area contributed by atoms with Crippen LogP contribution in [0.25, 0.3) is 22.6 Å². The van der Waals surface area contributed by atoms with Crippen LogP contribution in [0.15, 0.2) is 77.2 Å². The molecule has 4 aromatic rings. The molecule has 0 saturated carbocycles. The molecule has 0 atom stereocenters. The van der Waals surface area contributed by atoms with Gasteiger partial charge in [-0.2, -0.15) is 0 Å². The SMILES string of the molecule is Cc1ccc2c(c1)C(c1ccccc1)=Cc1oc3ccccc3c1C2. The monoisotopic (exact) mass is 322 g/mol. The van der Waals surface area contributed by atoms with Gasteiger partial charge in [0, 0.05) is 17.4 Å². The Labute approximate surface area is 147 Å². The van der Waals surface area contributed by atoms with E-state index in [9.17, 15) is 0 Å². The highest BCUT2D eigenvalue weighted by Gasteiger charge is 2.21. The van der Waals surface area contributed by atoms with Crippen LogP contribution in [0.4, 0.5) is 0 Å². The van der Waals surface area contributed by atoms with Gasteiger partial charge in [-0.25, -0.2) is 0 Å². The molecule has 0 bridgehead atoms. The third kappa shape index (κ3) is 2.32. The summed E-state index contributed by atoms with van der Waals surface area (Å²) >= 11 is 0. The maximum Gasteiger partial charge on any atom is 0.135 e. The third-order valence-corrected chi connectivity index (χ3v) is 5.01. The molecule has 0 amide bonds. The first-order chi connectivity index (χ1) is 12.3. The van der Waals surface area contributed by atoms with E-state index in [4.69, 9.17) is 4.42 Å². The van der Waals surface area contributed by atoms with Crippen LogP contribution in [0.1, 0.15) is 33.6 Å². The fraction of sp³-hybridized carbons (Fsp3) is 0.0833. The predicted molar refractivity (Wildman–Crippen MR) is 104 cm³/mol. The van der Waals surface area contributed by atoms with Crippen LogP contribution in [0, 0.1) is 6.92 Å². The second-order valence-electron chi connectivity index (χ2n) is 6.70. The Balaban J connectivity index is 1.84. The smallest absolute Gasteiger partial charge is 0.135 e. The standard InChI is InChI=1S/C24H18O/c1-16-11-12-18-14-22-19-9-5-6-10-23(19)25-24(22)15-21(20(18)13-16)17-7-3-2-4-8-17/h2-13,15H,14H2,1H3. The number of aryl methyl sites for hydroxylation is 1. The molecular weight excluding hydrogens is 304 g/mol. The van der Waals surface area contributed by atoms with Gasteiger partial charge < -0.3 is 4.42 Å². The number of hydrogen-bond donors (Lipinski definition) is 0. The molecule has 1 heterocycles. The molecule has 5 rings (SSSR count). The van der Waals surface area contributed by atoms with Gasteiger partial charge in [-0.15, -0.1) is 0 Å². The van der Waals surface area contributed by atoms with Crippen molar-refractivity contribution in [1.82, 2.24) is 0 Å². The molecule has 0 fully saturated rings. The van der Waals surface area contributed by atoms with Gasteiger partial charge in [0.1, 0.15) is 11.3 Å². The summed E-state index contributed by atoms with van der Waals surface area (Å²) in [5, 5.41) is 1.22. The lowest BCUT2D eigenvalue weighted by atomic mass is 9.92. The minimum atomic E-state index is 0.898. The van der Waals surface area contributed by atoms with Crippen molar-refractivity contribution in [2.45, 2.75) is 13.3 Å². The van der Waals surface area contributed by atoms with E-state index in [1.807, 2.05) is 6.07 Å². The van der Waals surface area contributed by atoms with Gasteiger partial charge in [0.25, 0.3) is 0 Å². The Morgan fingerprint density at radius 1 is 0.840 bits per heavy atom. The van der Waals surface area contributed by atoms with Crippen molar-refractivity contribution in [3.63, 3.8) is 0 Å². The molecule has 1 heteroatoms. The number of para-hydroxylation sites is 1. The summed E-state index contributed by atoms with van der Waals surface area (Å²) in [5.41, 5.74) is 8.65. The Kier molecular flexibility index (Phi) is 3.14. The van der Waals surface area contributed by atoms with Crippen molar-refractivity contribution in [3.8, 4) is 0 Å². The van der Waals surface area contributed by atoms with E-state index < -0.39 is 0 Å². The van der Waals surface area contributed by atoms with Crippen molar-refractivity contribution in [3.05, 3.63) is 106 Å². The normalized spacial score (nSPS) is 13.1. The molecule has 25 heavy (non-hydrogen) atoms. The quantitative estimate of drug-likeness (QED) is 0.356. The van der Waals surface area contributed by atoms with Crippen LogP contribution in [-0.2, 0) is 6.42 Å². The Morgan fingerprint density at radius 2 is 1.64 bits per heavy atom. The average molecular weight is 322 g/mol. The van der Waals surface area contributed by atoms with E-state index in [0.717, 1.165) is 17.8 Å².